The summed E-state index contributed by atoms with van der Waals surface area (Å²) in [6.45, 7) is 7.46. The number of carbonyl (C=O) groups excluding carboxylic acids is 1. The van der Waals surface area contributed by atoms with Gasteiger partial charge in [0, 0.05) is 17.4 Å². The monoisotopic (exact) mass is 297 g/mol. The molecule has 0 radical (unpaired) electrons. The Bertz CT molecular complexity index is 416. The molecule has 120 valence electrons. The van der Waals surface area contributed by atoms with Gasteiger partial charge in [0.05, 0.1) is 0 Å². The number of oxime groups is 2. The Balaban J connectivity index is 2.59. The second-order valence-corrected chi connectivity index (χ2v) is 6.62. The lowest BCUT2D eigenvalue weighted by Gasteiger charge is -2.31. The summed E-state index contributed by atoms with van der Waals surface area (Å²) in [6.07, 6.45) is 3.58. The quantitative estimate of drug-likeness (QED) is 0.475. The van der Waals surface area contributed by atoms with E-state index in [1.807, 2.05) is 20.8 Å². The van der Waals surface area contributed by atoms with Crippen LogP contribution in [0.5, 0.6) is 0 Å². The van der Waals surface area contributed by atoms with Gasteiger partial charge in [0.2, 0.25) is 5.91 Å². The molecule has 2 N–H and O–H groups in total. The third-order valence-electron chi connectivity index (χ3n) is 3.84. The maximum absolute atomic E-state index is 12.0. The Hall–Kier alpha value is -1.59. The normalized spacial score (nSPS) is 24.6. The Kier molecular flexibility index (Phi) is 6.18. The van der Waals surface area contributed by atoms with E-state index in [9.17, 15) is 4.79 Å². The minimum absolute atomic E-state index is 0.0878. The summed E-state index contributed by atoms with van der Waals surface area (Å²) in [6, 6.07) is 0.211. The summed E-state index contributed by atoms with van der Waals surface area (Å²) < 4.78 is 0. The van der Waals surface area contributed by atoms with Gasteiger partial charge in [-0.05, 0) is 32.6 Å². The molecule has 0 atom stereocenters. The molecule has 0 saturated heterocycles. The van der Waals surface area contributed by atoms with Gasteiger partial charge >= 0.3 is 0 Å². The molecular formula is C15H27N3O3. The molecule has 1 saturated carbocycles. The van der Waals surface area contributed by atoms with Crippen LogP contribution in [0.15, 0.2) is 10.3 Å². The summed E-state index contributed by atoms with van der Waals surface area (Å²) in [5.41, 5.74) is 0.819. The summed E-state index contributed by atoms with van der Waals surface area (Å²) >= 11 is 0. The molecule has 21 heavy (non-hydrogen) atoms. The van der Waals surface area contributed by atoms with Crippen LogP contribution in [-0.4, -0.2) is 35.7 Å². The summed E-state index contributed by atoms with van der Waals surface area (Å²) in [5.74, 6) is 0.300. The predicted octanol–water partition coefficient (Wildman–Crippen LogP) is 2.56. The Morgan fingerprint density at radius 1 is 1.24 bits per heavy atom. The number of rotatable bonds is 4. The van der Waals surface area contributed by atoms with E-state index in [1.54, 1.807) is 6.92 Å². The first-order valence-corrected chi connectivity index (χ1v) is 7.40. The molecule has 0 aromatic heterocycles. The van der Waals surface area contributed by atoms with Gasteiger partial charge in [-0.1, -0.05) is 31.1 Å². The first-order chi connectivity index (χ1) is 9.79. The van der Waals surface area contributed by atoms with Crippen LogP contribution in [0.2, 0.25) is 0 Å². The van der Waals surface area contributed by atoms with Crippen LogP contribution in [0.4, 0.5) is 0 Å². The molecule has 6 heteroatoms. The van der Waals surface area contributed by atoms with Gasteiger partial charge in [-0.3, -0.25) is 4.79 Å². The third-order valence-corrected chi connectivity index (χ3v) is 3.84. The summed E-state index contributed by atoms with van der Waals surface area (Å²) in [7, 11) is 1.49. The molecule has 0 aliphatic heterocycles. The molecule has 0 spiro atoms. The largest absolute Gasteiger partial charge is 0.411 e. The van der Waals surface area contributed by atoms with Crippen molar-refractivity contribution in [1.82, 2.24) is 5.32 Å². The van der Waals surface area contributed by atoms with Crippen molar-refractivity contribution in [3.05, 3.63) is 0 Å². The van der Waals surface area contributed by atoms with Gasteiger partial charge in [0.1, 0.15) is 18.5 Å². The molecule has 1 amide bonds. The van der Waals surface area contributed by atoms with Gasteiger partial charge in [-0.25, -0.2) is 0 Å². The van der Waals surface area contributed by atoms with Crippen LogP contribution >= 0.6 is 0 Å². The lowest BCUT2D eigenvalue weighted by molar-refractivity contribution is -0.129. The smallest absolute Gasteiger partial charge is 0.225 e. The minimum atomic E-state index is -0.361. The lowest BCUT2D eigenvalue weighted by Crippen LogP contribution is -2.44. The number of amides is 1. The fraction of sp³-hybridized carbons (Fsp3) is 0.800. The van der Waals surface area contributed by atoms with Crippen LogP contribution < -0.4 is 5.32 Å². The molecular weight excluding hydrogens is 270 g/mol. The molecule has 0 aromatic carbocycles. The standard InChI is InChI=1S/C15H27N3O3/c1-10(17-20)13(18-21-5)11-6-8-12(9-7-11)16-14(19)15(2,3)4/h11-12,20H,6-9H2,1-5H3,(H,16,19)/b17-10+,18-13-. The first-order valence-electron chi connectivity index (χ1n) is 7.40. The van der Waals surface area contributed by atoms with E-state index >= 15 is 0 Å². The maximum Gasteiger partial charge on any atom is 0.225 e. The van der Waals surface area contributed by atoms with Crippen LogP contribution in [0, 0.1) is 11.3 Å². The fourth-order valence-corrected chi connectivity index (χ4v) is 2.50. The average molecular weight is 297 g/mol. The van der Waals surface area contributed by atoms with Crippen LogP contribution in [0.25, 0.3) is 0 Å². The summed E-state index contributed by atoms with van der Waals surface area (Å²) in [5, 5.41) is 19.2. The van der Waals surface area contributed by atoms with Gasteiger partial charge in [-0.15, -0.1) is 0 Å². The number of carbonyl (C=O) groups is 1. The molecule has 0 heterocycles. The predicted molar refractivity (Wildman–Crippen MR) is 82.7 cm³/mol. The zero-order valence-electron chi connectivity index (χ0n) is 13.6. The topological polar surface area (TPSA) is 83.3 Å². The van der Waals surface area contributed by atoms with Crippen LogP contribution in [-0.2, 0) is 9.63 Å². The van der Waals surface area contributed by atoms with Crippen molar-refractivity contribution in [2.45, 2.75) is 59.4 Å². The number of nitrogens with zero attached hydrogens (tertiary/aromatic N) is 2. The van der Waals surface area contributed by atoms with E-state index < -0.39 is 0 Å². The molecule has 1 aliphatic rings. The SMILES string of the molecule is CO/N=C(/C(C)=N/O)C1CCC(NC(=O)C(C)(C)C)CC1. The molecule has 0 aromatic rings. The van der Waals surface area contributed by atoms with Crippen molar-refractivity contribution in [2.24, 2.45) is 21.6 Å². The average Bonchev–Trinajstić information content (AvgIpc) is 2.44. The zero-order valence-corrected chi connectivity index (χ0v) is 13.6. The second-order valence-electron chi connectivity index (χ2n) is 6.62. The summed E-state index contributed by atoms with van der Waals surface area (Å²) in [4.78, 5) is 16.8. The molecule has 1 fully saturated rings. The van der Waals surface area contributed by atoms with E-state index in [4.69, 9.17) is 10.0 Å². The van der Waals surface area contributed by atoms with Crippen molar-refractivity contribution < 1.29 is 14.8 Å². The molecule has 0 unspecified atom stereocenters. The van der Waals surface area contributed by atoms with Gasteiger partial charge in [0.15, 0.2) is 0 Å². The lowest BCUT2D eigenvalue weighted by atomic mass is 9.81. The van der Waals surface area contributed by atoms with Gasteiger partial charge < -0.3 is 15.4 Å². The van der Waals surface area contributed by atoms with Crippen molar-refractivity contribution in [3.63, 3.8) is 0 Å². The highest BCUT2D eigenvalue weighted by Gasteiger charge is 2.30. The molecule has 0 bridgehead atoms. The number of hydrogen-bond donors (Lipinski definition) is 2. The molecule has 6 nitrogen and oxygen atoms in total. The van der Waals surface area contributed by atoms with Crippen molar-refractivity contribution in [3.8, 4) is 0 Å². The Morgan fingerprint density at radius 2 is 1.81 bits per heavy atom. The van der Waals surface area contributed by atoms with Crippen molar-refractivity contribution in [1.29, 1.82) is 0 Å². The highest BCUT2D eigenvalue weighted by Crippen LogP contribution is 2.27. The molecule has 1 aliphatic carbocycles. The Labute approximate surface area is 126 Å². The highest BCUT2D eigenvalue weighted by molar-refractivity contribution is 6.41. The second kappa shape index (κ2) is 7.43. The maximum atomic E-state index is 12.0. The molecule has 1 rings (SSSR count). The minimum Gasteiger partial charge on any atom is -0.411 e. The first kappa shape index (κ1) is 17.5. The van der Waals surface area contributed by atoms with Crippen LogP contribution in [0.3, 0.4) is 0 Å². The Morgan fingerprint density at radius 3 is 2.24 bits per heavy atom. The van der Waals surface area contributed by atoms with Gasteiger partial charge in [0.25, 0.3) is 0 Å². The van der Waals surface area contributed by atoms with Crippen molar-refractivity contribution >= 4 is 17.3 Å². The van der Waals surface area contributed by atoms with E-state index in [1.165, 1.54) is 7.11 Å². The number of nitrogens with one attached hydrogen (secondary N) is 1. The highest BCUT2D eigenvalue weighted by atomic mass is 16.6. The van der Waals surface area contributed by atoms with E-state index in [0.29, 0.717) is 11.4 Å². The number of hydrogen-bond acceptors (Lipinski definition) is 5. The van der Waals surface area contributed by atoms with Crippen LogP contribution in [0.1, 0.15) is 53.4 Å². The fourth-order valence-electron chi connectivity index (χ4n) is 2.50. The van der Waals surface area contributed by atoms with E-state index in [0.717, 1.165) is 25.7 Å². The van der Waals surface area contributed by atoms with E-state index in [2.05, 4.69) is 15.6 Å². The zero-order chi connectivity index (χ0) is 16.0. The van der Waals surface area contributed by atoms with E-state index in [-0.39, 0.29) is 23.3 Å². The third kappa shape index (κ3) is 5.02. The van der Waals surface area contributed by atoms with Crippen molar-refractivity contribution in [2.75, 3.05) is 7.11 Å². The van der Waals surface area contributed by atoms with Gasteiger partial charge in [-0.2, -0.15) is 0 Å².